The number of nitrogens with one attached hydrogen (secondary N) is 1. The van der Waals surface area contributed by atoms with Crippen LogP contribution in [0.15, 0.2) is 11.6 Å². The normalized spacial score (nSPS) is 13.3. The zero-order chi connectivity index (χ0) is 11.1. The van der Waals surface area contributed by atoms with Crippen molar-refractivity contribution in [3.05, 3.63) is 16.6 Å². The summed E-state index contributed by atoms with van der Waals surface area (Å²) >= 11 is 1.74. The number of rotatable bonds is 7. The number of nitrogens with zero attached hydrogens (tertiary/aromatic N) is 1. The Morgan fingerprint density at radius 3 is 2.47 bits per heavy atom. The van der Waals surface area contributed by atoms with E-state index in [1.165, 1.54) is 30.7 Å². The first-order valence-corrected chi connectivity index (χ1v) is 6.81. The third-order valence-corrected chi connectivity index (χ3v) is 3.54. The van der Waals surface area contributed by atoms with Gasteiger partial charge in [-0.05, 0) is 19.8 Å². The van der Waals surface area contributed by atoms with Crippen molar-refractivity contribution < 1.29 is 0 Å². The van der Waals surface area contributed by atoms with E-state index in [0.29, 0.717) is 12.1 Å². The Balaban J connectivity index is 2.43. The zero-order valence-corrected chi connectivity index (χ0v) is 10.8. The van der Waals surface area contributed by atoms with Crippen LogP contribution in [0.1, 0.15) is 57.5 Å². The molecule has 0 amide bonds. The smallest absolute Gasteiger partial charge is 0.109 e. The molecule has 1 aromatic rings. The molecular formula is C12H22N2S. The van der Waals surface area contributed by atoms with Crippen LogP contribution in [0.2, 0.25) is 0 Å². The predicted octanol–water partition coefficient (Wildman–Crippen LogP) is 3.76. The molecule has 0 saturated carbocycles. The van der Waals surface area contributed by atoms with Crippen molar-refractivity contribution in [2.75, 3.05) is 0 Å². The molecular weight excluding hydrogens is 204 g/mol. The molecule has 0 fully saturated rings. The van der Waals surface area contributed by atoms with Gasteiger partial charge in [-0.25, -0.2) is 4.98 Å². The van der Waals surface area contributed by atoms with E-state index < -0.39 is 0 Å². The Hall–Kier alpha value is -0.410. The molecule has 0 aliphatic heterocycles. The largest absolute Gasteiger partial charge is 0.305 e. The summed E-state index contributed by atoms with van der Waals surface area (Å²) in [4.78, 5) is 4.35. The molecule has 0 spiro atoms. The number of aromatic nitrogens is 1. The van der Waals surface area contributed by atoms with Gasteiger partial charge >= 0.3 is 0 Å². The zero-order valence-electron chi connectivity index (χ0n) is 9.99. The fourth-order valence-corrected chi connectivity index (χ4v) is 2.54. The number of hydrogen-bond donors (Lipinski definition) is 1. The van der Waals surface area contributed by atoms with Gasteiger partial charge in [0.2, 0.25) is 0 Å². The molecule has 0 saturated heterocycles. The van der Waals surface area contributed by atoms with Crippen LogP contribution in [-0.2, 0) is 0 Å². The van der Waals surface area contributed by atoms with Crippen molar-refractivity contribution in [3.8, 4) is 0 Å². The van der Waals surface area contributed by atoms with E-state index in [1.54, 1.807) is 11.3 Å². The van der Waals surface area contributed by atoms with Gasteiger partial charge in [-0.15, -0.1) is 11.3 Å². The van der Waals surface area contributed by atoms with E-state index in [-0.39, 0.29) is 0 Å². The number of thiazole rings is 1. The van der Waals surface area contributed by atoms with Crippen molar-refractivity contribution in [3.63, 3.8) is 0 Å². The summed E-state index contributed by atoms with van der Waals surface area (Å²) < 4.78 is 0. The van der Waals surface area contributed by atoms with Crippen LogP contribution in [0, 0.1) is 0 Å². The SMILES string of the molecule is CCCC(CCC)NC(C)c1nccs1. The van der Waals surface area contributed by atoms with Gasteiger partial charge in [0.1, 0.15) is 5.01 Å². The quantitative estimate of drug-likeness (QED) is 0.765. The summed E-state index contributed by atoms with van der Waals surface area (Å²) in [6.45, 7) is 6.70. The van der Waals surface area contributed by atoms with Gasteiger partial charge < -0.3 is 5.32 Å². The van der Waals surface area contributed by atoms with Gasteiger partial charge in [0.05, 0.1) is 6.04 Å². The Kier molecular flexibility index (Phi) is 5.88. The van der Waals surface area contributed by atoms with Crippen molar-refractivity contribution in [1.29, 1.82) is 0 Å². The Bertz CT molecular complexity index is 240. The minimum atomic E-state index is 0.396. The van der Waals surface area contributed by atoms with E-state index in [1.807, 2.05) is 11.6 Å². The number of hydrogen-bond acceptors (Lipinski definition) is 3. The molecule has 1 atom stereocenters. The van der Waals surface area contributed by atoms with E-state index in [9.17, 15) is 0 Å². The lowest BCUT2D eigenvalue weighted by Gasteiger charge is -2.21. The minimum Gasteiger partial charge on any atom is -0.305 e. The molecule has 2 nitrogen and oxygen atoms in total. The van der Waals surface area contributed by atoms with E-state index in [0.717, 1.165) is 0 Å². The van der Waals surface area contributed by atoms with Gasteiger partial charge in [0.25, 0.3) is 0 Å². The third kappa shape index (κ3) is 4.31. The molecule has 0 bridgehead atoms. The van der Waals surface area contributed by atoms with E-state index >= 15 is 0 Å². The molecule has 0 aromatic carbocycles. The molecule has 1 rings (SSSR count). The van der Waals surface area contributed by atoms with Crippen LogP contribution >= 0.6 is 11.3 Å². The first-order chi connectivity index (χ1) is 7.27. The van der Waals surface area contributed by atoms with Gasteiger partial charge in [-0.1, -0.05) is 26.7 Å². The summed E-state index contributed by atoms with van der Waals surface area (Å²) in [5.74, 6) is 0. The summed E-state index contributed by atoms with van der Waals surface area (Å²) in [7, 11) is 0. The highest BCUT2D eigenvalue weighted by atomic mass is 32.1. The molecule has 1 N–H and O–H groups in total. The van der Waals surface area contributed by atoms with E-state index in [2.05, 4.69) is 31.1 Å². The first-order valence-electron chi connectivity index (χ1n) is 5.93. The topological polar surface area (TPSA) is 24.9 Å². The molecule has 1 unspecified atom stereocenters. The van der Waals surface area contributed by atoms with Crippen LogP contribution in [0.5, 0.6) is 0 Å². The Morgan fingerprint density at radius 1 is 1.33 bits per heavy atom. The maximum atomic E-state index is 4.35. The molecule has 1 heterocycles. The fourth-order valence-electron chi connectivity index (χ4n) is 1.88. The lowest BCUT2D eigenvalue weighted by molar-refractivity contribution is 0.402. The van der Waals surface area contributed by atoms with E-state index in [4.69, 9.17) is 0 Å². The highest BCUT2D eigenvalue weighted by Crippen LogP contribution is 2.17. The molecule has 86 valence electrons. The fraction of sp³-hybridized carbons (Fsp3) is 0.750. The lowest BCUT2D eigenvalue weighted by Crippen LogP contribution is -2.31. The highest BCUT2D eigenvalue weighted by molar-refractivity contribution is 7.09. The second-order valence-electron chi connectivity index (χ2n) is 4.03. The average molecular weight is 226 g/mol. The summed E-state index contributed by atoms with van der Waals surface area (Å²) in [5, 5.41) is 6.91. The molecule has 0 aliphatic carbocycles. The first kappa shape index (κ1) is 12.7. The van der Waals surface area contributed by atoms with Crippen LogP contribution in [0.4, 0.5) is 0 Å². The molecule has 1 aromatic heterocycles. The second kappa shape index (κ2) is 6.96. The van der Waals surface area contributed by atoms with Gasteiger partial charge in [0, 0.05) is 17.6 Å². The molecule has 0 radical (unpaired) electrons. The maximum Gasteiger partial charge on any atom is 0.109 e. The Labute approximate surface area is 97.1 Å². The molecule has 0 aliphatic rings. The van der Waals surface area contributed by atoms with Crippen LogP contribution in [-0.4, -0.2) is 11.0 Å². The monoisotopic (exact) mass is 226 g/mol. The summed E-state index contributed by atoms with van der Waals surface area (Å²) in [6.07, 6.45) is 6.92. The standard InChI is InChI=1S/C12H22N2S/c1-4-6-11(7-5-2)14-10(3)12-13-8-9-15-12/h8-11,14H,4-7H2,1-3H3. The minimum absolute atomic E-state index is 0.396. The summed E-state index contributed by atoms with van der Waals surface area (Å²) in [6, 6.07) is 1.05. The summed E-state index contributed by atoms with van der Waals surface area (Å²) in [5.41, 5.74) is 0. The molecule has 15 heavy (non-hydrogen) atoms. The molecule has 3 heteroatoms. The van der Waals surface area contributed by atoms with Gasteiger partial charge in [-0.3, -0.25) is 0 Å². The van der Waals surface area contributed by atoms with Gasteiger partial charge in [-0.2, -0.15) is 0 Å². The van der Waals surface area contributed by atoms with Gasteiger partial charge in [0.15, 0.2) is 0 Å². The van der Waals surface area contributed by atoms with Crippen LogP contribution in [0.3, 0.4) is 0 Å². The maximum absolute atomic E-state index is 4.35. The van der Waals surface area contributed by atoms with Crippen molar-refractivity contribution in [1.82, 2.24) is 10.3 Å². The van der Waals surface area contributed by atoms with Crippen LogP contribution in [0.25, 0.3) is 0 Å². The lowest BCUT2D eigenvalue weighted by atomic mass is 10.1. The second-order valence-corrected chi connectivity index (χ2v) is 4.96. The highest BCUT2D eigenvalue weighted by Gasteiger charge is 2.13. The predicted molar refractivity (Wildman–Crippen MR) is 67.3 cm³/mol. The average Bonchev–Trinajstić information content (AvgIpc) is 2.71. The van der Waals surface area contributed by atoms with Crippen LogP contribution < -0.4 is 5.32 Å². The van der Waals surface area contributed by atoms with Crippen molar-refractivity contribution in [2.45, 2.75) is 58.5 Å². The van der Waals surface area contributed by atoms with Crippen molar-refractivity contribution >= 4 is 11.3 Å². The van der Waals surface area contributed by atoms with Crippen molar-refractivity contribution in [2.24, 2.45) is 0 Å². The Morgan fingerprint density at radius 2 is 2.00 bits per heavy atom. The third-order valence-electron chi connectivity index (χ3n) is 2.58.